The van der Waals surface area contributed by atoms with Gasteiger partial charge in [0.15, 0.2) is 0 Å². The van der Waals surface area contributed by atoms with Gasteiger partial charge in [0, 0.05) is 16.5 Å². The van der Waals surface area contributed by atoms with Gasteiger partial charge in [0.2, 0.25) is 0 Å². The van der Waals surface area contributed by atoms with Crippen molar-refractivity contribution in [2.75, 3.05) is 7.11 Å². The van der Waals surface area contributed by atoms with Crippen LogP contribution in [0, 0.1) is 11.8 Å². The summed E-state index contributed by atoms with van der Waals surface area (Å²) in [6.07, 6.45) is 0. The molecule has 0 radical (unpaired) electrons. The lowest BCUT2D eigenvalue weighted by Gasteiger charge is -1.99. The number of aromatic carboxylic acids is 1. The zero-order valence-electron chi connectivity index (χ0n) is 12.7. The molecular formula is C19H12O5. The summed E-state index contributed by atoms with van der Waals surface area (Å²) in [7, 11) is 1.60. The topological polar surface area (TPSA) is 76.7 Å². The minimum absolute atomic E-state index is 0.319. The molecule has 5 nitrogen and oxygen atoms in total. The molecule has 1 heterocycles. The molecule has 0 fully saturated rings. The van der Waals surface area contributed by atoms with Crippen molar-refractivity contribution in [1.29, 1.82) is 0 Å². The monoisotopic (exact) mass is 320 g/mol. The maximum atomic E-state index is 11.5. The summed E-state index contributed by atoms with van der Waals surface area (Å²) in [5.74, 6) is 5.44. The Morgan fingerprint density at radius 1 is 1.04 bits per heavy atom. The zero-order chi connectivity index (χ0) is 17.1. The summed E-state index contributed by atoms with van der Waals surface area (Å²) in [5.41, 5.74) is 0.556. The maximum Gasteiger partial charge on any atom is 0.351 e. The molecule has 3 rings (SSSR count). The average Bonchev–Trinajstić information content (AvgIpc) is 2.59. The fraction of sp³-hybridized carbons (Fsp3) is 0.0526. The van der Waals surface area contributed by atoms with Crippen LogP contribution in [0.15, 0.2) is 57.7 Å². The molecule has 0 spiro atoms. The van der Waals surface area contributed by atoms with E-state index in [9.17, 15) is 9.59 Å². The molecule has 0 aliphatic rings. The Kier molecular flexibility index (Phi) is 4.04. The molecule has 3 aromatic rings. The number of ether oxygens (including phenoxy) is 1. The fourth-order valence-electron chi connectivity index (χ4n) is 2.17. The number of carboxylic acids is 1. The van der Waals surface area contributed by atoms with E-state index in [1.54, 1.807) is 25.3 Å². The van der Waals surface area contributed by atoms with E-state index in [-0.39, 0.29) is 0 Å². The van der Waals surface area contributed by atoms with Crippen molar-refractivity contribution in [3.63, 3.8) is 0 Å². The van der Waals surface area contributed by atoms with E-state index < -0.39 is 17.2 Å². The Morgan fingerprint density at radius 3 is 2.38 bits per heavy atom. The van der Waals surface area contributed by atoms with Gasteiger partial charge in [0.1, 0.15) is 16.9 Å². The normalized spacial score (nSPS) is 10.0. The fourth-order valence-corrected chi connectivity index (χ4v) is 2.17. The van der Waals surface area contributed by atoms with Crippen LogP contribution in [0.5, 0.6) is 5.75 Å². The van der Waals surface area contributed by atoms with Crippen molar-refractivity contribution < 1.29 is 19.1 Å². The van der Waals surface area contributed by atoms with Crippen molar-refractivity contribution in [3.05, 3.63) is 75.6 Å². The largest absolute Gasteiger partial charge is 0.497 e. The molecule has 0 atom stereocenters. The van der Waals surface area contributed by atoms with Crippen LogP contribution in [0.4, 0.5) is 0 Å². The lowest BCUT2D eigenvalue weighted by Crippen LogP contribution is -2.12. The molecule has 0 aliphatic heterocycles. The third kappa shape index (κ3) is 3.13. The highest BCUT2D eigenvalue weighted by Crippen LogP contribution is 2.16. The van der Waals surface area contributed by atoms with Gasteiger partial charge in [0.05, 0.1) is 7.11 Å². The second-order valence-electron chi connectivity index (χ2n) is 4.98. The van der Waals surface area contributed by atoms with E-state index in [0.717, 1.165) is 11.3 Å². The van der Waals surface area contributed by atoms with Gasteiger partial charge in [-0.25, -0.2) is 9.59 Å². The van der Waals surface area contributed by atoms with E-state index in [1.165, 1.54) is 6.07 Å². The van der Waals surface area contributed by atoms with E-state index in [0.29, 0.717) is 16.5 Å². The molecule has 1 aromatic heterocycles. The molecule has 0 amide bonds. The zero-order valence-corrected chi connectivity index (χ0v) is 12.7. The van der Waals surface area contributed by atoms with Crippen molar-refractivity contribution in [2.45, 2.75) is 0 Å². The van der Waals surface area contributed by atoms with E-state index in [1.807, 2.05) is 24.3 Å². The Morgan fingerprint density at radius 2 is 1.71 bits per heavy atom. The summed E-state index contributed by atoms with van der Waals surface area (Å²) in [6, 6.07) is 13.6. The van der Waals surface area contributed by atoms with E-state index in [4.69, 9.17) is 14.3 Å². The average molecular weight is 320 g/mol. The van der Waals surface area contributed by atoms with Crippen LogP contribution in [0.25, 0.3) is 11.0 Å². The molecule has 0 bridgehead atoms. The minimum Gasteiger partial charge on any atom is -0.497 e. The molecule has 1 N–H and O–H groups in total. The summed E-state index contributed by atoms with van der Waals surface area (Å²) in [4.78, 5) is 22.6. The summed E-state index contributed by atoms with van der Waals surface area (Å²) in [6.45, 7) is 0. The van der Waals surface area contributed by atoms with Gasteiger partial charge in [-0.1, -0.05) is 11.8 Å². The molecule has 0 saturated heterocycles. The lowest BCUT2D eigenvalue weighted by atomic mass is 10.1. The third-order valence-electron chi connectivity index (χ3n) is 3.40. The highest BCUT2D eigenvalue weighted by atomic mass is 16.5. The molecular weight excluding hydrogens is 308 g/mol. The van der Waals surface area contributed by atoms with Crippen LogP contribution in [0.2, 0.25) is 0 Å². The van der Waals surface area contributed by atoms with Gasteiger partial charge in [0.25, 0.3) is 0 Å². The molecule has 0 unspecified atom stereocenters. The number of hydrogen-bond acceptors (Lipinski definition) is 4. The highest BCUT2D eigenvalue weighted by molar-refractivity contribution is 5.91. The van der Waals surface area contributed by atoms with Crippen molar-refractivity contribution in [2.24, 2.45) is 0 Å². The van der Waals surface area contributed by atoms with Crippen molar-refractivity contribution in [3.8, 4) is 17.6 Å². The van der Waals surface area contributed by atoms with Gasteiger partial charge in [-0.2, -0.15) is 0 Å². The quantitative estimate of drug-likeness (QED) is 0.580. The van der Waals surface area contributed by atoms with Crippen LogP contribution in [-0.2, 0) is 0 Å². The standard InChI is InChI=1S/C19H12O5/c1-23-15-7-4-12(5-8-15)2-3-13-6-9-17-14(10-13)11-16(18(20)21)19(22)24-17/h4-11H,1H3,(H,20,21). The highest BCUT2D eigenvalue weighted by Gasteiger charge is 2.11. The second kappa shape index (κ2) is 6.31. The number of benzene rings is 2. The Labute approximate surface area is 137 Å². The van der Waals surface area contributed by atoms with Gasteiger partial charge < -0.3 is 14.3 Å². The smallest absolute Gasteiger partial charge is 0.351 e. The van der Waals surface area contributed by atoms with Gasteiger partial charge in [-0.3, -0.25) is 0 Å². The van der Waals surface area contributed by atoms with Crippen LogP contribution >= 0.6 is 0 Å². The predicted molar refractivity (Wildman–Crippen MR) is 88.4 cm³/mol. The molecule has 0 aliphatic carbocycles. The molecule has 118 valence electrons. The Bertz CT molecular complexity index is 1030. The number of fused-ring (bicyclic) bond motifs is 1. The summed E-state index contributed by atoms with van der Waals surface area (Å²) in [5, 5.41) is 9.50. The molecule has 24 heavy (non-hydrogen) atoms. The van der Waals surface area contributed by atoms with Crippen LogP contribution in [0.1, 0.15) is 21.5 Å². The molecule has 5 heteroatoms. The third-order valence-corrected chi connectivity index (χ3v) is 3.40. The second-order valence-corrected chi connectivity index (χ2v) is 4.98. The number of carbonyl (C=O) groups is 1. The predicted octanol–water partition coefficient (Wildman–Crippen LogP) is 2.90. The van der Waals surface area contributed by atoms with Gasteiger partial charge in [-0.15, -0.1) is 0 Å². The van der Waals surface area contributed by atoms with Gasteiger partial charge in [-0.05, 0) is 48.5 Å². The Hall–Kier alpha value is -3.52. The number of methoxy groups -OCH3 is 1. The Balaban J connectivity index is 1.98. The van der Waals surface area contributed by atoms with E-state index >= 15 is 0 Å². The maximum absolute atomic E-state index is 11.5. The summed E-state index contributed by atoms with van der Waals surface area (Å²) >= 11 is 0. The number of rotatable bonds is 2. The number of carboxylic acid groups (broad SMARTS) is 1. The lowest BCUT2D eigenvalue weighted by molar-refractivity contribution is 0.0692. The molecule has 2 aromatic carbocycles. The summed E-state index contributed by atoms with van der Waals surface area (Å²) < 4.78 is 10.1. The first kappa shape index (κ1) is 15.4. The number of hydrogen-bond donors (Lipinski definition) is 1. The van der Waals surface area contributed by atoms with E-state index in [2.05, 4.69) is 11.8 Å². The van der Waals surface area contributed by atoms with Crippen LogP contribution in [0.3, 0.4) is 0 Å². The van der Waals surface area contributed by atoms with Crippen molar-refractivity contribution in [1.82, 2.24) is 0 Å². The first-order valence-electron chi connectivity index (χ1n) is 7.04. The molecule has 0 saturated carbocycles. The van der Waals surface area contributed by atoms with Gasteiger partial charge >= 0.3 is 11.6 Å². The first-order chi connectivity index (χ1) is 11.6. The van der Waals surface area contributed by atoms with Crippen molar-refractivity contribution >= 4 is 16.9 Å². The van der Waals surface area contributed by atoms with Crippen LogP contribution < -0.4 is 10.4 Å². The first-order valence-corrected chi connectivity index (χ1v) is 7.04. The van der Waals surface area contributed by atoms with Crippen LogP contribution in [-0.4, -0.2) is 18.2 Å². The minimum atomic E-state index is -1.32. The SMILES string of the molecule is COc1ccc(C#Cc2ccc3oc(=O)c(C(=O)O)cc3c2)cc1.